The van der Waals surface area contributed by atoms with Crippen molar-refractivity contribution in [3.8, 4) is 0 Å². The summed E-state index contributed by atoms with van der Waals surface area (Å²) in [6, 6.07) is 0. The second-order valence-corrected chi connectivity index (χ2v) is 5.17. The summed E-state index contributed by atoms with van der Waals surface area (Å²) >= 11 is 0. The molecule has 17 heavy (non-hydrogen) atoms. The van der Waals surface area contributed by atoms with Gasteiger partial charge in [-0.05, 0) is 18.8 Å². The molecular weight excluding hydrogens is 208 g/mol. The van der Waals surface area contributed by atoms with Crippen LogP contribution in [-0.2, 0) is 0 Å². The van der Waals surface area contributed by atoms with Crippen molar-refractivity contribution in [3.05, 3.63) is 11.8 Å². The van der Waals surface area contributed by atoms with Gasteiger partial charge < -0.3 is 11.1 Å². The van der Waals surface area contributed by atoms with Crippen LogP contribution in [0.4, 0.5) is 0 Å². The van der Waals surface area contributed by atoms with Crippen molar-refractivity contribution in [1.29, 1.82) is 0 Å². The third kappa shape index (κ3) is 8.25. The Hall–Kier alpha value is -0.500. The summed E-state index contributed by atoms with van der Waals surface area (Å²) < 4.78 is 0. The molecule has 2 atom stereocenters. The standard InChI is InChI=1S/C15H32N2/c1-5-7-9-15(8-6-2)13(3)12-17-14(4)10-11-16/h10,13,15,17H,5-9,11-12,16H2,1-4H3/b14-10-. The van der Waals surface area contributed by atoms with Gasteiger partial charge >= 0.3 is 0 Å². The Morgan fingerprint density at radius 3 is 2.47 bits per heavy atom. The highest BCUT2D eigenvalue weighted by Gasteiger charge is 2.15. The Morgan fingerprint density at radius 2 is 1.94 bits per heavy atom. The fraction of sp³-hybridized carbons (Fsp3) is 0.867. The molecular formula is C15H32N2. The normalized spacial score (nSPS) is 15.7. The van der Waals surface area contributed by atoms with E-state index < -0.39 is 0 Å². The molecule has 0 aliphatic rings. The fourth-order valence-corrected chi connectivity index (χ4v) is 2.29. The SMILES string of the molecule is CCCCC(CCC)C(C)CN/C(C)=C\CN. The van der Waals surface area contributed by atoms with Crippen LogP contribution in [0.3, 0.4) is 0 Å². The van der Waals surface area contributed by atoms with Crippen molar-refractivity contribution in [2.45, 2.75) is 59.8 Å². The highest BCUT2D eigenvalue weighted by Crippen LogP contribution is 2.23. The molecule has 0 spiro atoms. The van der Waals surface area contributed by atoms with E-state index in [2.05, 4.69) is 33.0 Å². The van der Waals surface area contributed by atoms with Crippen molar-refractivity contribution >= 4 is 0 Å². The van der Waals surface area contributed by atoms with Crippen LogP contribution in [0.25, 0.3) is 0 Å². The summed E-state index contributed by atoms with van der Waals surface area (Å²) in [5.74, 6) is 1.63. The molecule has 2 nitrogen and oxygen atoms in total. The summed E-state index contributed by atoms with van der Waals surface area (Å²) in [4.78, 5) is 0. The van der Waals surface area contributed by atoms with Crippen LogP contribution in [0.5, 0.6) is 0 Å². The third-order valence-electron chi connectivity index (χ3n) is 3.52. The molecule has 2 heteroatoms. The Kier molecular flexibility index (Phi) is 10.3. The molecule has 0 fully saturated rings. The number of unbranched alkanes of at least 4 members (excludes halogenated alkanes) is 1. The van der Waals surface area contributed by atoms with E-state index in [0.29, 0.717) is 6.54 Å². The first-order chi connectivity index (χ1) is 8.15. The first-order valence-corrected chi connectivity index (χ1v) is 7.26. The number of hydrogen-bond acceptors (Lipinski definition) is 2. The highest BCUT2D eigenvalue weighted by molar-refractivity contribution is 4.96. The van der Waals surface area contributed by atoms with E-state index in [9.17, 15) is 0 Å². The number of allylic oxidation sites excluding steroid dienone is 1. The van der Waals surface area contributed by atoms with Gasteiger partial charge in [-0.25, -0.2) is 0 Å². The zero-order valence-electron chi connectivity index (χ0n) is 12.3. The number of hydrogen-bond donors (Lipinski definition) is 2. The fourth-order valence-electron chi connectivity index (χ4n) is 2.29. The molecule has 0 bridgehead atoms. The van der Waals surface area contributed by atoms with Gasteiger partial charge in [0, 0.05) is 18.8 Å². The second kappa shape index (κ2) is 10.6. The van der Waals surface area contributed by atoms with Crippen LogP contribution in [0.1, 0.15) is 59.8 Å². The first kappa shape index (κ1) is 16.5. The Morgan fingerprint density at radius 1 is 1.24 bits per heavy atom. The van der Waals surface area contributed by atoms with Crippen molar-refractivity contribution in [2.75, 3.05) is 13.1 Å². The van der Waals surface area contributed by atoms with Crippen molar-refractivity contribution in [1.82, 2.24) is 5.32 Å². The molecule has 0 aliphatic carbocycles. The summed E-state index contributed by atoms with van der Waals surface area (Å²) in [7, 11) is 0. The molecule has 0 saturated carbocycles. The lowest BCUT2D eigenvalue weighted by Crippen LogP contribution is -2.25. The molecule has 0 rings (SSSR count). The quantitative estimate of drug-likeness (QED) is 0.611. The van der Waals surface area contributed by atoms with E-state index >= 15 is 0 Å². The van der Waals surface area contributed by atoms with Crippen LogP contribution >= 0.6 is 0 Å². The first-order valence-electron chi connectivity index (χ1n) is 7.26. The lowest BCUT2D eigenvalue weighted by molar-refractivity contribution is 0.300. The van der Waals surface area contributed by atoms with Gasteiger partial charge in [-0.2, -0.15) is 0 Å². The topological polar surface area (TPSA) is 38.0 Å². The van der Waals surface area contributed by atoms with Gasteiger partial charge in [-0.1, -0.05) is 59.0 Å². The minimum Gasteiger partial charge on any atom is -0.389 e. The molecule has 3 N–H and O–H groups in total. The predicted molar refractivity (Wildman–Crippen MR) is 77.9 cm³/mol. The van der Waals surface area contributed by atoms with Crippen LogP contribution in [0, 0.1) is 11.8 Å². The molecule has 0 radical (unpaired) electrons. The smallest absolute Gasteiger partial charge is 0.0172 e. The minimum atomic E-state index is 0.626. The average Bonchev–Trinajstić information content (AvgIpc) is 2.32. The van der Waals surface area contributed by atoms with Gasteiger partial charge in [-0.3, -0.25) is 0 Å². The average molecular weight is 240 g/mol. The summed E-state index contributed by atoms with van der Waals surface area (Å²) in [6.07, 6.45) is 8.78. The molecule has 0 heterocycles. The van der Waals surface area contributed by atoms with Gasteiger partial charge in [0.25, 0.3) is 0 Å². The molecule has 0 aromatic heterocycles. The zero-order chi connectivity index (χ0) is 13.1. The van der Waals surface area contributed by atoms with Gasteiger partial charge in [0.2, 0.25) is 0 Å². The molecule has 0 aromatic carbocycles. The van der Waals surface area contributed by atoms with Crippen molar-refractivity contribution < 1.29 is 0 Å². The molecule has 102 valence electrons. The molecule has 0 saturated heterocycles. The van der Waals surface area contributed by atoms with Crippen molar-refractivity contribution in [2.24, 2.45) is 17.6 Å². The molecule has 0 aliphatic heterocycles. The Balaban J connectivity index is 4.03. The number of nitrogens with one attached hydrogen (secondary N) is 1. The molecule has 0 amide bonds. The summed E-state index contributed by atoms with van der Waals surface area (Å²) in [6.45, 7) is 10.7. The van der Waals surface area contributed by atoms with E-state index in [4.69, 9.17) is 5.73 Å². The van der Waals surface area contributed by atoms with Gasteiger partial charge in [0.1, 0.15) is 0 Å². The zero-order valence-corrected chi connectivity index (χ0v) is 12.3. The van der Waals surface area contributed by atoms with Crippen LogP contribution in [0.2, 0.25) is 0 Å². The van der Waals surface area contributed by atoms with E-state index in [1.165, 1.54) is 37.8 Å². The van der Waals surface area contributed by atoms with E-state index in [0.717, 1.165) is 18.4 Å². The second-order valence-electron chi connectivity index (χ2n) is 5.17. The molecule has 0 aromatic rings. The maximum atomic E-state index is 5.49. The van der Waals surface area contributed by atoms with Crippen LogP contribution in [0.15, 0.2) is 11.8 Å². The van der Waals surface area contributed by atoms with Crippen LogP contribution in [-0.4, -0.2) is 13.1 Å². The van der Waals surface area contributed by atoms with E-state index in [-0.39, 0.29) is 0 Å². The monoisotopic (exact) mass is 240 g/mol. The van der Waals surface area contributed by atoms with E-state index in [1.54, 1.807) is 0 Å². The Bertz CT molecular complexity index is 199. The van der Waals surface area contributed by atoms with Crippen molar-refractivity contribution in [3.63, 3.8) is 0 Å². The van der Waals surface area contributed by atoms with Gasteiger partial charge in [-0.15, -0.1) is 0 Å². The maximum absolute atomic E-state index is 5.49. The molecule has 2 unspecified atom stereocenters. The Labute approximate surface area is 108 Å². The lowest BCUT2D eigenvalue weighted by Gasteiger charge is -2.24. The largest absolute Gasteiger partial charge is 0.389 e. The van der Waals surface area contributed by atoms with Gasteiger partial charge in [0.15, 0.2) is 0 Å². The predicted octanol–water partition coefficient (Wildman–Crippen LogP) is 3.68. The lowest BCUT2D eigenvalue weighted by atomic mass is 9.85. The van der Waals surface area contributed by atoms with Gasteiger partial charge in [0.05, 0.1) is 0 Å². The minimum absolute atomic E-state index is 0.626. The van der Waals surface area contributed by atoms with E-state index in [1.807, 2.05) is 6.08 Å². The summed E-state index contributed by atoms with van der Waals surface area (Å²) in [5.41, 5.74) is 6.71. The summed E-state index contributed by atoms with van der Waals surface area (Å²) in [5, 5.41) is 3.48. The third-order valence-corrected chi connectivity index (χ3v) is 3.52. The highest BCUT2D eigenvalue weighted by atomic mass is 14.9. The number of nitrogens with two attached hydrogens (primary N) is 1. The number of rotatable bonds is 10. The van der Waals surface area contributed by atoms with Crippen LogP contribution < -0.4 is 11.1 Å². The maximum Gasteiger partial charge on any atom is 0.0172 e.